The van der Waals surface area contributed by atoms with Crippen molar-refractivity contribution in [2.45, 2.75) is 26.2 Å². The summed E-state index contributed by atoms with van der Waals surface area (Å²) in [4.78, 5) is 0. The van der Waals surface area contributed by atoms with Crippen molar-refractivity contribution in [2.24, 2.45) is 0 Å². The van der Waals surface area contributed by atoms with E-state index in [1.807, 2.05) is 7.05 Å². The van der Waals surface area contributed by atoms with Gasteiger partial charge in [-0.3, -0.25) is 0 Å². The average molecular weight is 127 g/mol. The topological polar surface area (TPSA) is 12.0 Å². The van der Waals surface area contributed by atoms with Gasteiger partial charge < -0.3 is 5.32 Å². The maximum absolute atomic E-state index is 3.09. The fraction of sp³-hybridized carbons (Fsp3) is 0.750. The molecule has 9 heavy (non-hydrogen) atoms. The smallest absolute Gasteiger partial charge is 0.00173 e. The van der Waals surface area contributed by atoms with Crippen LogP contribution in [0.15, 0.2) is 12.2 Å². The van der Waals surface area contributed by atoms with Crippen LogP contribution in [0.3, 0.4) is 0 Å². The van der Waals surface area contributed by atoms with Crippen molar-refractivity contribution in [3.05, 3.63) is 12.2 Å². The average Bonchev–Trinajstić information content (AvgIpc) is 1.89. The molecule has 0 aromatic rings. The van der Waals surface area contributed by atoms with Gasteiger partial charge in [0, 0.05) is 0 Å². The molecular weight excluding hydrogens is 110 g/mol. The highest BCUT2D eigenvalue weighted by Gasteiger charge is 1.75. The molecule has 0 aliphatic rings. The van der Waals surface area contributed by atoms with Crippen molar-refractivity contribution in [1.29, 1.82) is 0 Å². The molecule has 0 aromatic carbocycles. The predicted molar refractivity (Wildman–Crippen MR) is 42.6 cm³/mol. The van der Waals surface area contributed by atoms with Crippen LogP contribution in [0.25, 0.3) is 0 Å². The minimum Gasteiger partial charge on any atom is -0.319 e. The first-order chi connectivity index (χ1) is 4.41. The zero-order valence-corrected chi connectivity index (χ0v) is 6.48. The van der Waals surface area contributed by atoms with Crippen LogP contribution >= 0.6 is 0 Å². The summed E-state index contributed by atoms with van der Waals surface area (Å²) in [5.74, 6) is 0. The molecule has 0 spiro atoms. The highest BCUT2D eigenvalue weighted by Crippen LogP contribution is 1.89. The molecule has 0 bridgehead atoms. The molecule has 54 valence electrons. The molecule has 0 atom stereocenters. The van der Waals surface area contributed by atoms with Gasteiger partial charge in [0.1, 0.15) is 0 Å². The van der Waals surface area contributed by atoms with Crippen molar-refractivity contribution in [2.75, 3.05) is 13.6 Å². The van der Waals surface area contributed by atoms with Gasteiger partial charge in [-0.2, -0.15) is 0 Å². The normalized spacial score (nSPS) is 10.9. The van der Waals surface area contributed by atoms with E-state index in [4.69, 9.17) is 0 Å². The van der Waals surface area contributed by atoms with Gasteiger partial charge in [0.25, 0.3) is 0 Å². The molecule has 0 aromatic heterocycles. The Morgan fingerprint density at radius 3 is 2.44 bits per heavy atom. The number of rotatable bonds is 5. The fourth-order valence-corrected chi connectivity index (χ4v) is 0.630. The Morgan fingerprint density at radius 1 is 1.22 bits per heavy atom. The van der Waals surface area contributed by atoms with E-state index in [9.17, 15) is 0 Å². The minimum absolute atomic E-state index is 1.10. The molecule has 0 amide bonds. The predicted octanol–water partition coefficient (Wildman–Crippen LogP) is 1.95. The molecule has 0 aliphatic carbocycles. The van der Waals surface area contributed by atoms with E-state index in [1.54, 1.807) is 0 Å². The van der Waals surface area contributed by atoms with Crippen LogP contribution in [0.1, 0.15) is 26.2 Å². The highest BCUT2D eigenvalue weighted by atomic mass is 14.8. The zero-order valence-electron chi connectivity index (χ0n) is 6.48. The Kier molecular flexibility index (Phi) is 7.44. The lowest BCUT2D eigenvalue weighted by atomic mass is 10.3. The molecule has 0 rings (SSSR count). The van der Waals surface area contributed by atoms with E-state index in [2.05, 4.69) is 24.4 Å². The molecule has 0 saturated carbocycles. The summed E-state index contributed by atoms with van der Waals surface area (Å²) in [7, 11) is 1.98. The Balaban J connectivity index is 2.86. The van der Waals surface area contributed by atoms with Gasteiger partial charge >= 0.3 is 0 Å². The summed E-state index contributed by atoms with van der Waals surface area (Å²) in [5, 5.41) is 3.09. The second kappa shape index (κ2) is 7.70. The first-order valence-corrected chi connectivity index (χ1v) is 3.71. The van der Waals surface area contributed by atoms with Crippen molar-refractivity contribution in [3.8, 4) is 0 Å². The van der Waals surface area contributed by atoms with E-state index >= 15 is 0 Å². The standard InChI is InChI=1S/C8H17N/c1-3-4-5-6-7-8-9-2/h5-6,9H,3-4,7-8H2,1-2H3/b6-5+. The van der Waals surface area contributed by atoms with E-state index in [0.717, 1.165) is 13.0 Å². The number of hydrogen-bond donors (Lipinski definition) is 1. The quantitative estimate of drug-likeness (QED) is 0.439. The number of nitrogens with one attached hydrogen (secondary N) is 1. The molecule has 0 radical (unpaired) electrons. The summed E-state index contributed by atoms with van der Waals surface area (Å²) in [6, 6.07) is 0. The van der Waals surface area contributed by atoms with Gasteiger partial charge in [0.2, 0.25) is 0 Å². The van der Waals surface area contributed by atoms with Crippen LogP contribution < -0.4 is 5.32 Å². The largest absolute Gasteiger partial charge is 0.319 e. The molecule has 0 heterocycles. The van der Waals surface area contributed by atoms with Gasteiger partial charge in [-0.1, -0.05) is 25.5 Å². The zero-order chi connectivity index (χ0) is 6.95. The lowest BCUT2D eigenvalue weighted by Gasteiger charge is -1.89. The van der Waals surface area contributed by atoms with Crippen LogP contribution in [0.5, 0.6) is 0 Å². The summed E-state index contributed by atoms with van der Waals surface area (Å²) in [6.07, 6.45) is 8.13. The highest BCUT2D eigenvalue weighted by molar-refractivity contribution is 4.81. The second-order valence-electron chi connectivity index (χ2n) is 2.15. The fourth-order valence-electron chi connectivity index (χ4n) is 0.630. The molecular formula is C8H17N. The number of allylic oxidation sites excluding steroid dienone is 1. The molecule has 0 aliphatic heterocycles. The molecule has 0 fully saturated rings. The lowest BCUT2D eigenvalue weighted by molar-refractivity contribution is 0.804. The van der Waals surface area contributed by atoms with Crippen molar-refractivity contribution < 1.29 is 0 Å². The van der Waals surface area contributed by atoms with Crippen molar-refractivity contribution in [3.63, 3.8) is 0 Å². The Bertz CT molecular complexity index is 67.0. The number of hydrogen-bond acceptors (Lipinski definition) is 1. The first-order valence-electron chi connectivity index (χ1n) is 3.71. The van der Waals surface area contributed by atoms with Gasteiger partial charge in [-0.25, -0.2) is 0 Å². The lowest BCUT2D eigenvalue weighted by Crippen LogP contribution is -2.05. The monoisotopic (exact) mass is 127 g/mol. The maximum Gasteiger partial charge on any atom is -0.00173 e. The minimum atomic E-state index is 1.10. The third-order valence-corrected chi connectivity index (χ3v) is 1.18. The number of unbranched alkanes of at least 4 members (excludes halogenated alkanes) is 1. The van der Waals surface area contributed by atoms with Gasteiger partial charge in [-0.05, 0) is 26.4 Å². The van der Waals surface area contributed by atoms with Gasteiger partial charge in [-0.15, -0.1) is 0 Å². The van der Waals surface area contributed by atoms with Gasteiger partial charge in [0.05, 0.1) is 0 Å². The summed E-state index contributed by atoms with van der Waals surface area (Å²) >= 11 is 0. The Hall–Kier alpha value is -0.300. The third kappa shape index (κ3) is 7.70. The second-order valence-corrected chi connectivity index (χ2v) is 2.15. The van der Waals surface area contributed by atoms with Crippen molar-refractivity contribution in [1.82, 2.24) is 5.32 Å². The Labute approximate surface area is 58.2 Å². The molecule has 1 N–H and O–H groups in total. The first kappa shape index (κ1) is 8.70. The molecule has 0 saturated heterocycles. The summed E-state index contributed by atoms with van der Waals surface area (Å²) < 4.78 is 0. The molecule has 1 nitrogen and oxygen atoms in total. The van der Waals surface area contributed by atoms with Crippen LogP contribution in [0.4, 0.5) is 0 Å². The van der Waals surface area contributed by atoms with Crippen molar-refractivity contribution >= 4 is 0 Å². The maximum atomic E-state index is 3.09. The van der Waals surface area contributed by atoms with Crippen LogP contribution in [0, 0.1) is 0 Å². The SMILES string of the molecule is CCC/C=C/CCNC. The van der Waals surface area contributed by atoms with E-state index in [0.29, 0.717) is 0 Å². The molecule has 1 heteroatoms. The Morgan fingerprint density at radius 2 is 1.89 bits per heavy atom. The van der Waals surface area contributed by atoms with Gasteiger partial charge in [0.15, 0.2) is 0 Å². The van der Waals surface area contributed by atoms with E-state index in [1.165, 1.54) is 12.8 Å². The van der Waals surface area contributed by atoms with Crippen LogP contribution in [-0.4, -0.2) is 13.6 Å². The molecule has 0 unspecified atom stereocenters. The summed E-state index contributed by atoms with van der Waals surface area (Å²) in [5.41, 5.74) is 0. The third-order valence-electron chi connectivity index (χ3n) is 1.18. The van der Waals surface area contributed by atoms with E-state index in [-0.39, 0.29) is 0 Å². The van der Waals surface area contributed by atoms with Crippen LogP contribution in [-0.2, 0) is 0 Å². The summed E-state index contributed by atoms with van der Waals surface area (Å²) in [6.45, 7) is 3.29. The van der Waals surface area contributed by atoms with Crippen LogP contribution in [0.2, 0.25) is 0 Å². The van der Waals surface area contributed by atoms with E-state index < -0.39 is 0 Å².